The molecule has 0 bridgehead atoms. The molecular weight excluding hydrogens is 329 g/mol. The maximum absolute atomic E-state index is 13.5. The van der Waals surface area contributed by atoms with E-state index in [4.69, 9.17) is 9.84 Å². The number of nitrogens with zero attached hydrogens (tertiary/aromatic N) is 3. The zero-order chi connectivity index (χ0) is 17.8. The van der Waals surface area contributed by atoms with Crippen LogP contribution in [0.3, 0.4) is 0 Å². The lowest BCUT2D eigenvalue weighted by molar-refractivity contribution is -0.139. The zero-order valence-corrected chi connectivity index (χ0v) is 13.4. The average Bonchev–Trinajstić information content (AvgIpc) is 2.92. The van der Waals surface area contributed by atoms with Gasteiger partial charge in [0.2, 0.25) is 0 Å². The summed E-state index contributed by atoms with van der Waals surface area (Å²) in [5, 5.41) is 18.4. The molecule has 0 amide bonds. The molecule has 7 nitrogen and oxygen atoms in total. The standard InChI is InChI=1S/C17H18FN3O4/c18-13-8-21(9-15(13)22)7-12-5-11(14-6-19-3-4-20-14)1-2-16(12)25-10-17(23)24/h1-6,13,15,22H,7-10H2,(H,23,24)/t13-,15-/m1/s1. The summed E-state index contributed by atoms with van der Waals surface area (Å²) in [6.07, 6.45) is 2.47. The average molecular weight is 347 g/mol. The maximum Gasteiger partial charge on any atom is 0.341 e. The third-order valence-corrected chi connectivity index (χ3v) is 3.96. The number of hydrogen-bond donors (Lipinski definition) is 2. The molecule has 0 radical (unpaired) electrons. The van der Waals surface area contributed by atoms with Crippen molar-refractivity contribution in [2.45, 2.75) is 18.8 Å². The van der Waals surface area contributed by atoms with Gasteiger partial charge in [0.25, 0.3) is 0 Å². The van der Waals surface area contributed by atoms with E-state index in [1.54, 1.807) is 35.6 Å². The second-order valence-corrected chi connectivity index (χ2v) is 5.87. The van der Waals surface area contributed by atoms with Crippen molar-refractivity contribution in [3.63, 3.8) is 0 Å². The Morgan fingerprint density at radius 1 is 1.36 bits per heavy atom. The number of rotatable bonds is 6. The molecule has 25 heavy (non-hydrogen) atoms. The fourth-order valence-electron chi connectivity index (χ4n) is 2.78. The minimum Gasteiger partial charge on any atom is -0.482 e. The van der Waals surface area contributed by atoms with Crippen molar-refractivity contribution in [1.29, 1.82) is 0 Å². The van der Waals surface area contributed by atoms with Gasteiger partial charge < -0.3 is 14.9 Å². The van der Waals surface area contributed by atoms with Crippen LogP contribution in [-0.4, -0.2) is 63.0 Å². The Balaban J connectivity index is 1.86. The molecule has 132 valence electrons. The molecule has 0 spiro atoms. The number of aliphatic hydroxyl groups excluding tert-OH is 1. The monoisotopic (exact) mass is 347 g/mol. The second kappa shape index (κ2) is 7.54. The molecule has 1 aliphatic rings. The molecule has 1 aromatic carbocycles. The normalized spacial score (nSPS) is 20.6. The minimum absolute atomic E-state index is 0.120. The van der Waals surface area contributed by atoms with E-state index in [0.717, 1.165) is 5.56 Å². The van der Waals surface area contributed by atoms with Crippen LogP contribution in [0.4, 0.5) is 4.39 Å². The SMILES string of the molecule is O=C(O)COc1ccc(-c2cnccn2)cc1CN1C[C@@H](O)[C@H](F)C1. The number of ether oxygens (including phenoxy) is 1. The summed E-state index contributed by atoms with van der Waals surface area (Å²) in [5.41, 5.74) is 2.16. The summed E-state index contributed by atoms with van der Waals surface area (Å²) in [6, 6.07) is 5.25. The molecule has 1 saturated heterocycles. The topological polar surface area (TPSA) is 95.8 Å². The number of benzene rings is 1. The molecule has 2 aromatic rings. The Hall–Kier alpha value is -2.58. The van der Waals surface area contributed by atoms with E-state index in [9.17, 15) is 14.3 Å². The van der Waals surface area contributed by atoms with Gasteiger partial charge >= 0.3 is 5.97 Å². The number of aliphatic carboxylic acids is 1. The lowest BCUT2D eigenvalue weighted by atomic mass is 10.1. The van der Waals surface area contributed by atoms with E-state index in [2.05, 4.69) is 9.97 Å². The zero-order valence-electron chi connectivity index (χ0n) is 13.4. The van der Waals surface area contributed by atoms with Crippen LogP contribution < -0.4 is 4.74 Å². The van der Waals surface area contributed by atoms with Crippen molar-refractivity contribution in [1.82, 2.24) is 14.9 Å². The molecule has 1 aliphatic heterocycles. The van der Waals surface area contributed by atoms with Gasteiger partial charge in [0, 0.05) is 43.2 Å². The van der Waals surface area contributed by atoms with Crippen molar-refractivity contribution in [3.05, 3.63) is 42.4 Å². The summed E-state index contributed by atoms with van der Waals surface area (Å²) < 4.78 is 18.9. The largest absolute Gasteiger partial charge is 0.482 e. The fraction of sp³-hybridized carbons (Fsp3) is 0.353. The van der Waals surface area contributed by atoms with Crippen LogP contribution in [-0.2, 0) is 11.3 Å². The highest BCUT2D eigenvalue weighted by Gasteiger charge is 2.31. The number of alkyl halides is 1. The molecule has 1 fully saturated rings. The Morgan fingerprint density at radius 3 is 2.84 bits per heavy atom. The van der Waals surface area contributed by atoms with Gasteiger partial charge in [-0.2, -0.15) is 0 Å². The number of aliphatic hydroxyl groups is 1. The van der Waals surface area contributed by atoms with Gasteiger partial charge in [0.05, 0.1) is 18.0 Å². The third kappa shape index (κ3) is 4.28. The number of likely N-dealkylation sites (tertiary alicyclic amines) is 1. The predicted octanol–water partition coefficient (Wildman–Crippen LogP) is 1.12. The molecule has 3 rings (SSSR count). The van der Waals surface area contributed by atoms with Crippen LogP contribution in [0.25, 0.3) is 11.3 Å². The summed E-state index contributed by atoms with van der Waals surface area (Å²) in [4.78, 5) is 20.8. The lowest BCUT2D eigenvalue weighted by Crippen LogP contribution is -2.22. The Bertz CT molecular complexity index is 734. The highest BCUT2D eigenvalue weighted by Crippen LogP contribution is 2.28. The molecule has 0 saturated carbocycles. The number of hydrogen-bond acceptors (Lipinski definition) is 6. The number of carboxylic acids is 1. The highest BCUT2D eigenvalue weighted by molar-refractivity contribution is 5.69. The molecular formula is C17H18FN3O4. The first-order valence-corrected chi connectivity index (χ1v) is 7.81. The van der Waals surface area contributed by atoms with Crippen LogP contribution >= 0.6 is 0 Å². The first-order valence-electron chi connectivity index (χ1n) is 7.81. The Labute approximate surface area is 143 Å². The molecule has 8 heteroatoms. The van der Waals surface area contributed by atoms with Gasteiger partial charge in [-0.15, -0.1) is 0 Å². The van der Waals surface area contributed by atoms with Gasteiger partial charge in [-0.05, 0) is 18.2 Å². The number of β-amino-alcohol motifs (C(OH)–C–C–N with tert-alkyl or cyclic N) is 1. The smallest absolute Gasteiger partial charge is 0.341 e. The molecule has 1 aromatic heterocycles. The molecule has 0 unspecified atom stereocenters. The molecule has 2 N–H and O–H groups in total. The van der Waals surface area contributed by atoms with E-state index >= 15 is 0 Å². The molecule has 2 heterocycles. The number of halogens is 1. The van der Waals surface area contributed by atoms with Crippen LogP contribution in [0.1, 0.15) is 5.56 Å². The van der Waals surface area contributed by atoms with Gasteiger partial charge in [-0.25, -0.2) is 9.18 Å². The summed E-state index contributed by atoms with van der Waals surface area (Å²) in [5.74, 6) is -0.670. The van der Waals surface area contributed by atoms with Crippen LogP contribution in [0, 0.1) is 0 Å². The first-order chi connectivity index (χ1) is 12.0. The van der Waals surface area contributed by atoms with Crippen molar-refractivity contribution in [3.8, 4) is 17.0 Å². The van der Waals surface area contributed by atoms with Crippen LogP contribution in [0.2, 0.25) is 0 Å². The predicted molar refractivity (Wildman–Crippen MR) is 86.8 cm³/mol. The van der Waals surface area contributed by atoms with Crippen molar-refractivity contribution in [2.24, 2.45) is 0 Å². The molecule has 2 atom stereocenters. The van der Waals surface area contributed by atoms with Gasteiger partial charge in [-0.3, -0.25) is 14.9 Å². The van der Waals surface area contributed by atoms with E-state index in [1.807, 2.05) is 6.07 Å². The number of carboxylic acid groups (broad SMARTS) is 1. The third-order valence-electron chi connectivity index (χ3n) is 3.96. The number of carbonyl (C=O) groups is 1. The van der Waals surface area contributed by atoms with E-state index in [1.165, 1.54) is 0 Å². The summed E-state index contributed by atoms with van der Waals surface area (Å²) >= 11 is 0. The molecule has 0 aliphatic carbocycles. The van der Waals surface area contributed by atoms with Gasteiger partial charge in [-0.1, -0.05) is 0 Å². The Morgan fingerprint density at radius 2 is 2.20 bits per heavy atom. The van der Waals surface area contributed by atoms with E-state index < -0.39 is 24.9 Å². The second-order valence-electron chi connectivity index (χ2n) is 5.87. The van der Waals surface area contributed by atoms with Crippen LogP contribution in [0.5, 0.6) is 5.75 Å². The van der Waals surface area contributed by atoms with Gasteiger partial charge in [0.15, 0.2) is 6.61 Å². The minimum atomic E-state index is -1.29. The van der Waals surface area contributed by atoms with E-state index in [0.29, 0.717) is 23.6 Å². The number of aromatic nitrogens is 2. The maximum atomic E-state index is 13.5. The first kappa shape index (κ1) is 17.2. The van der Waals surface area contributed by atoms with Crippen LogP contribution in [0.15, 0.2) is 36.8 Å². The summed E-state index contributed by atoms with van der Waals surface area (Å²) in [6.45, 7) is 0.205. The van der Waals surface area contributed by atoms with Crippen molar-refractivity contribution in [2.75, 3.05) is 19.7 Å². The van der Waals surface area contributed by atoms with E-state index in [-0.39, 0.29) is 13.1 Å². The Kier molecular flexibility index (Phi) is 5.20. The van der Waals surface area contributed by atoms with Crippen molar-refractivity contribution >= 4 is 5.97 Å². The highest BCUT2D eigenvalue weighted by atomic mass is 19.1. The summed E-state index contributed by atoms with van der Waals surface area (Å²) in [7, 11) is 0. The van der Waals surface area contributed by atoms with Crippen molar-refractivity contribution < 1.29 is 24.1 Å². The quantitative estimate of drug-likeness (QED) is 0.808. The lowest BCUT2D eigenvalue weighted by Gasteiger charge is -2.18. The fourth-order valence-corrected chi connectivity index (χ4v) is 2.78. The van der Waals surface area contributed by atoms with Gasteiger partial charge in [0.1, 0.15) is 11.9 Å².